The van der Waals surface area contributed by atoms with Gasteiger partial charge in [-0.2, -0.15) is 10.2 Å². The first-order valence-corrected chi connectivity index (χ1v) is 17.8. The Morgan fingerprint density at radius 3 is 1.69 bits per heavy atom. The van der Waals surface area contributed by atoms with Gasteiger partial charge in [-0.15, -0.1) is 0 Å². The highest BCUT2D eigenvalue weighted by Gasteiger charge is 2.13. The molecule has 0 bridgehead atoms. The molecule has 0 fully saturated rings. The minimum Gasteiger partial charge on any atom is -0.493 e. The Balaban J connectivity index is 0.000000202. The first kappa shape index (κ1) is 37.6. The lowest BCUT2D eigenvalue weighted by molar-refractivity contribution is 0.0945. The van der Waals surface area contributed by atoms with Crippen LogP contribution in [0.15, 0.2) is 61.2 Å². The predicted octanol–water partition coefficient (Wildman–Crippen LogP) is 5.83. The van der Waals surface area contributed by atoms with Gasteiger partial charge in [0.1, 0.15) is 41.0 Å². The number of rotatable bonds is 16. The molecule has 0 aliphatic rings. The number of benzene rings is 2. The third kappa shape index (κ3) is 10.4. The Morgan fingerprint density at radius 1 is 0.692 bits per heavy atom. The molecule has 4 heterocycles. The second kappa shape index (κ2) is 19.1. The van der Waals surface area contributed by atoms with Crippen LogP contribution in [-0.4, -0.2) is 78.4 Å². The number of aryl methyl sites for hydroxylation is 3. The van der Waals surface area contributed by atoms with E-state index in [1.165, 1.54) is 12.7 Å². The lowest BCUT2D eigenvalue weighted by Crippen LogP contribution is -2.24. The molecule has 272 valence electrons. The molecule has 0 radical (unpaired) electrons. The van der Waals surface area contributed by atoms with Crippen LogP contribution in [-0.2, 0) is 19.3 Å². The number of carbonyl (C=O) groups excluding carboxylic acids is 2. The molecular formula is C37H43ClN10O4. The van der Waals surface area contributed by atoms with Gasteiger partial charge in [-0.05, 0) is 69.5 Å². The molecular weight excluding hydrogens is 684 g/mol. The quantitative estimate of drug-likeness (QED) is 0.0698. The number of amides is 2. The van der Waals surface area contributed by atoms with Crippen LogP contribution >= 0.6 is 11.6 Å². The Morgan fingerprint density at radius 2 is 1.21 bits per heavy atom. The minimum absolute atomic E-state index is 0.102. The highest BCUT2D eigenvalue weighted by molar-refractivity contribution is 6.30. The van der Waals surface area contributed by atoms with Crippen molar-refractivity contribution in [3.8, 4) is 11.5 Å². The molecule has 0 saturated carbocycles. The average Bonchev–Trinajstić information content (AvgIpc) is 3.87. The molecule has 15 heteroatoms. The summed E-state index contributed by atoms with van der Waals surface area (Å²) in [6.45, 7) is 8.23. The number of aromatic amines is 2. The van der Waals surface area contributed by atoms with E-state index in [0.717, 1.165) is 77.9 Å². The molecule has 0 spiro atoms. The Bertz CT molecular complexity index is 2060. The summed E-state index contributed by atoms with van der Waals surface area (Å²) >= 11 is 6.04. The van der Waals surface area contributed by atoms with Gasteiger partial charge in [-0.25, -0.2) is 15.0 Å². The summed E-state index contributed by atoms with van der Waals surface area (Å²) in [5.41, 5.74) is 3.54. The van der Waals surface area contributed by atoms with Crippen LogP contribution in [0.2, 0.25) is 5.15 Å². The standard InChI is InChI=1S/C20H25N5O2.C17H18ClN5O2/c1-3-6-15-12-18(27-4-2)16-9-8-14(11-17(16)24-15)20(26)21-10-5-7-19-22-13-23-25-19;1-2-25-14-9-15(18)22-13-8-11(5-6-12(13)14)17(24)19-7-3-4-16-20-10-21-23-16/h8-9,11-13H,3-7,10H2,1-2H3,(H,21,26)(H,22,23,25);5-6,8-10H,2-4,7H2,1H3,(H,19,24)(H,20,21,23). The number of carbonyl (C=O) groups is 2. The highest BCUT2D eigenvalue weighted by atomic mass is 35.5. The number of hydrogen-bond donors (Lipinski definition) is 4. The van der Waals surface area contributed by atoms with E-state index >= 15 is 0 Å². The zero-order valence-corrected chi connectivity index (χ0v) is 30.3. The van der Waals surface area contributed by atoms with E-state index in [9.17, 15) is 9.59 Å². The number of nitrogens with one attached hydrogen (secondary N) is 4. The SMILES string of the molecule is CCCc1cc(OCC)c2ccc(C(=O)NCCCc3ncn[nH]3)cc2n1.CCOc1cc(Cl)nc2cc(C(=O)NCCCc3ncn[nH]3)ccc12. The van der Waals surface area contributed by atoms with Crippen molar-refractivity contribution in [3.63, 3.8) is 0 Å². The third-order valence-electron chi connectivity index (χ3n) is 7.88. The Hall–Kier alpha value is -5.63. The van der Waals surface area contributed by atoms with Crippen molar-refractivity contribution in [1.82, 2.24) is 51.0 Å². The largest absolute Gasteiger partial charge is 0.493 e. The van der Waals surface area contributed by atoms with E-state index in [-0.39, 0.29) is 11.8 Å². The number of hydrogen-bond acceptors (Lipinski definition) is 10. The first-order chi connectivity index (χ1) is 25.4. The second-order valence-electron chi connectivity index (χ2n) is 11.7. The number of H-pyrrole nitrogens is 2. The fraction of sp³-hybridized carbons (Fsp3) is 0.351. The average molecular weight is 727 g/mol. The van der Waals surface area contributed by atoms with Gasteiger partial charge in [0.25, 0.3) is 11.8 Å². The maximum Gasteiger partial charge on any atom is 0.251 e. The number of pyridine rings is 2. The van der Waals surface area contributed by atoms with Crippen LogP contribution < -0.4 is 20.1 Å². The van der Waals surface area contributed by atoms with Crippen LogP contribution in [0.3, 0.4) is 0 Å². The molecule has 0 aliphatic carbocycles. The third-order valence-corrected chi connectivity index (χ3v) is 8.07. The van der Waals surface area contributed by atoms with E-state index in [2.05, 4.69) is 52.9 Å². The molecule has 6 aromatic rings. The van der Waals surface area contributed by atoms with Crippen molar-refractivity contribution in [2.75, 3.05) is 26.3 Å². The van der Waals surface area contributed by atoms with Gasteiger partial charge >= 0.3 is 0 Å². The molecule has 0 aliphatic heterocycles. The van der Waals surface area contributed by atoms with Crippen LogP contribution in [0, 0.1) is 0 Å². The second-order valence-corrected chi connectivity index (χ2v) is 12.1. The van der Waals surface area contributed by atoms with E-state index in [1.807, 2.05) is 44.2 Å². The van der Waals surface area contributed by atoms with Crippen molar-refractivity contribution in [3.05, 3.63) is 94.8 Å². The van der Waals surface area contributed by atoms with Crippen molar-refractivity contribution >= 4 is 45.2 Å². The molecule has 52 heavy (non-hydrogen) atoms. The number of ether oxygens (including phenoxy) is 2. The number of fused-ring (bicyclic) bond motifs is 2. The van der Waals surface area contributed by atoms with Gasteiger partial charge in [0.05, 0.1) is 24.2 Å². The summed E-state index contributed by atoms with van der Waals surface area (Å²) in [7, 11) is 0. The fourth-order valence-corrected chi connectivity index (χ4v) is 5.64. The Labute approximate surface area is 306 Å². The van der Waals surface area contributed by atoms with Crippen molar-refractivity contribution in [2.24, 2.45) is 0 Å². The number of aromatic nitrogens is 8. The zero-order valence-electron chi connectivity index (χ0n) is 29.5. The molecule has 4 N–H and O–H groups in total. The van der Waals surface area contributed by atoms with Crippen LogP contribution in [0.1, 0.15) is 78.1 Å². The molecule has 2 aromatic carbocycles. The zero-order chi connectivity index (χ0) is 36.7. The lowest BCUT2D eigenvalue weighted by atomic mass is 10.1. The first-order valence-electron chi connectivity index (χ1n) is 17.4. The van der Waals surface area contributed by atoms with Crippen LogP contribution in [0.25, 0.3) is 21.8 Å². The van der Waals surface area contributed by atoms with E-state index < -0.39 is 0 Å². The maximum atomic E-state index is 12.5. The van der Waals surface area contributed by atoms with E-state index in [1.54, 1.807) is 18.2 Å². The molecule has 0 saturated heterocycles. The lowest BCUT2D eigenvalue weighted by Gasteiger charge is -2.11. The normalized spacial score (nSPS) is 10.8. The van der Waals surface area contributed by atoms with E-state index in [4.69, 9.17) is 26.1 Å². The topological polar surface area (TPSA) is 186 Å². The number of halogens is 1. The van der Waals surface area contributed by atoms with Crippen molar-refractivity contribution in [2.45, 2.75) is 59.3 Å². The predicted molar refractivity (Wildman–Crippen MR) is 199 cm³/mol. The maximum absolute atomic E-state index is 12.5. The van der Waals surface area contributed by atoms with Crippen LogP contribution in [0.4, 0.5) is 0 Å². The van der Waals surface area contributed by atoms with Gasteiger partial charge in [-0.1, -0.05) is 24.9 Å². The smallest absolute Gasteiger partial charge is 0.251 e. The van der Waals surface area contributed by atoms with Crippen molar-refractivity contribution < 1.29 is 19.1 Å². The van der Waals surface area contributed by atoms with Gasteiger partial charge in [0, 0.05) is 65.7 Å². The summed E-state index contributed by atoms with van der Waals surface area (Å²) in [6.07, 6.45) is 7.89. The Kier molecular flexibility index (Phi) is 13.8. The van der Waals surface area contributed by atoms with E-state index in [0.29, 0.717) is 53.8 Å². The summed E-state index contributed by atoms with van der Waals surface area (Å²) in [5, 5.41) is 21.1. The van der Waals surface area contributed by atoms with Gasteiger partial charge < -0.3 is 20.1 Å². The molecule has 4 aromatic heterocycles. The van der Waals surface area contributed by atoms with Crippen LogP contribution in [0.5, 0.6) is 11.5 Å². The summed E-state index contributed by atoms with van der Waals surface area (Å²) in [6, 6.07) is 14.5. The van der Waals surface area contributed by atoms with Gasteiger partial charge in [0.15, 0.2) is 0 Å². The highest BCUT2D eigenvalue weighted by Crippen LogP contribution is 2.29. The molecule has 6 rings (SSSR count). The van der Waals surface area contributed by atoms with Gasteiger partial charge in [0.2, 0.25) is 0 Å². The number of nitrogens with zero attached hydrogens (tertiary/aromatic N) is 6. The summed E-state index contributed by atoms with van der Waals surface area (Å²) < 4.78 is 11.3. The molecule has 14 nitrogen and oxygen atoms in total. The minimum atomic E-state index is -0.154. The molecule has 2 amide bonds. The summed E-state index contributed by atoms with van der Waals surface area (Å²) in [5.74, 6) is 2.86. The summed E-state index contributed by atoms with van der Waals surface area (Å²) in [4.78, 5) is 41.9. The van der Waals surface area contributed by atoms with Crippen molar-refractivity contribution in [1.29, 1.82) is 0 Å². The fourth-order valence-electron chi connectivity index (χ4n) is 5.45. The van der Waals surface area contributed by atoms with Gasteiger partial charge in [-0.3, -0.25) is 24.8 Å². The monoisotopic (exact) mass is 726 g/mol. The molecule has 0 unspecified atom stereocenters. The molecule has 0 atom stereocenters.